The third-order valence-electron chi connectivity index (χ3n) is 4.79. The number of halogens is 1. The van der Waals surface area contributed by atoms with E-state index in [2.05, 4.69) is 76.0 Å². The Morgan fingerprint density at radius 1 is 1.00 bits per heavy atom. The van der Waals surface area contributed by atoms with Gasteiger partial charge in [-0.15, -0.1) is 0 Å². The zero-order valence-electron chi connectivity index (χ0n) is 17.2. The van der Waals surface area contributed by atoms with Crippen molar-refractivity contribution in [3.05, 3.63) is 70.8 Å². The number of hydrogen-bond acceptors (Lipinski definition) is 1. The summed E-state index contributed by atoms with van der Waals surface area (Å²) in [7, 11) is 0. The van der Waals surface area contributed by atoms with Crippen LogP contribution in [-0.4, -0.2) is 6.54 Å². The molecule has 0 radical (unpaired) electrons. The lowest BCUT2D eigenvalue weighted by molar-refractivity contribution is 0.824. The molecule has 0 aliphatic heterocycles. The van der Waals surface area contributed by atoms with Gasteiger partial charge in [-0.25, -0.2) is 0 Å². The summed E-state index contributed by atoms with van der Waals surface area (Å²) in [4.78, 5) is 0. The van der Waals surface area contributed by atoms with Crippen molar-refractivity contribution in [2.24, 2.45) is 0 Å². The number of aryl methyl sites for hydroxylation is 1. The highest BCUT2D eigenvalue weighted by Crippen LogP contribution is 2.32. The van der Waals surface area contributed by atoms with E-state index >= 15 is 0 Å². The average molecular weight is 382 g/mol. The number of rotatable bonds is 6. The lowest BCUT2D eigenvalue weighted by atomic mass is 9.96. The molecule has 0 saturated carbocycles. The molecule has 2 aromatic carbocycles. The Hall–Kier alpha value is -1.99. The fourth-order valence-corrected chi connectivity index (χ4v) is 3.20. The highest BCUT2D eigenvalue weighted by molar-refractivity contribution is 6.31. The molecule has 1 N–H and O–H groups in total. The fraction of sp³-hybridized carbons (Fsp3) is 0.360. The topological polar surface area (TPSA) is 12.0 Å². The molecule has 3 rings (SSSR count). The normalized spacial score (nSPS) is 12.9. The van der Waals surface area contributed by atoms with E-state index in [-0.39, 0.29) is 0 Å². The molecule has 0 heterocycles. The number of allylic oxidation sites excluding steroid dienone is 4. The summed E-state index contributed by atoms with van der Waals surface area (Å²) in [6.07, 6.45) is 8.66. The van der Waals surface area contributed by atoms with Crippen LogP contribution in [0, 0.1) is 6.92 Å². The smallest absolute Gasteiger partial charge is 0.0343 e. The first-order chi connectivity index (χ1) is 13.0. The second kappa shape index (κ2) is 10.4. The third-order valence-corrected chi connectivity index (χ3v) is 5.05. The fourth-order valence-electron chi connectivity index (χ4n) is 3.00. The van der Waals surface area contributed by atoms with E-state index in [1.807, 2.05) is 6.08 Å². The summed E-state index contributed by atoms with van der Waals surface area (Å²) in [6, 6.07) is 11.1. The first kappa shape index (κ1) is 21.3. The van der Waals surface area contributed by atoms with Crippen LogP contribution in [-0.2, 0) is 0 Å². The number of benzene rings is 2. The van der Waals surface area contributed by atoms with Gasteiger partial charge in [-0.05, 0) is 59.0 Å². The van der Waals surface area contributed by atoms with Crippen LogP contribution < -0.4 is 5.32 Å². The highest BCUT2D eigenvalue weighted by atomic mass is 35.5. The van der Waals surface area contributed by atoms with Gasteiger partial charge in [0.05, 0.1) is 0 Å². The molecule has 0 unspecified atom stereocenters. The Morgan fingerprint density at radius 2 is 1.74 bits per heavy atom. The Kier molecular flexibility index (Phi) is 8.19. The second-order valence-electron chi connectivity index (χ2n) is 7.12. The number of nitrogens with one attached hydrogen (secondary N) is 1. The highest BCUT2D eigenvalue weighted by Gasteiger charge is 2.10. The number of hydrogen-bond donors (Lipinski definition) is 1. The molecule has 1 aliphatic carbocycles. The molecule has 0 spiro atoms. The van der Waals surface area contributed by atoms with E-state index < -0.39 is 0 Å². The summed E-state index contributed by atoms with van der Waals surface area (Å²) in [5, 5.41) is 6.80. The maximum absolute atomic E-state index is 6.10. The Bertz CT molecular complexity index is 856. The molecule has 0 atom stereocenters. The van der Waals surface area contributed by atoms with E-state index in [0.717, 1.165) is 30.1 Å². The molecular formula is C25H32ClN. The van der Waals surface area contributed by atoms with Gasteiger partial charge < -0.3 is 5.32 Å². The molecule has 1 aliphatic rings. The molecule has 2 aromatic rings. The van der Waals surface area contributed by atoms with Crippen LogP contribution >= 0.6 is 11.6 Å². The SMILES string of the molecule is C=C(NCCC)c1cc2cc(C3=CC=C(Cl)C3)ccc2cc1C.CCCC. The van der Waals surface area contributed by atoms with Gasteiger partial charge in [0.15, 0.2) is 0 Å². The van der Waals surface area contributed by atoms with Crippen LogP contribution in [0.1, 0.15) is 63.1 Å². The first-order valence-electron chi connectivity index (χ1n) is 10.0. The van der Waals surface area contributed by atoms with Crippen LogP contribution in [0.15, 0.2) is 54.1 Å². The minimum Gasteiger partial charge on any atom is -0.385 e. The molecule has 0 amide bonds. The minimum atomic E-state index is 0.830. The first-order valence-corrected chi connectivity index (χ1v) is 10.4. The van der Waals surface area contributed by atoms with Crippen molar-refractivity contribution < 1.29 is 0 Å². The van der Waals surface area contributed by atoms with Crippen molar-refractivity contribution in [2.75, 3.05) is 6.54 Å². The minimum absolute atomic E-state index is 0.830. The quantitative estimate of drug-likeness (QED) is 0.537. The van der Waals surface area contributed by atoms with Gasteiger partial charge in [-0.3, -0.25) is 0 Å². The summed E-state index contributed by atoms with van der Waals surface area (Å²) >= 11 is 6.10. The zero-order valence-corrected chi connectivity index (χ0v) is 17.9. The summed E-state index contributed by atoms with van der Waals surface area (Å²) in [6.45, 7) is 13.8. The van der Waals surface area contributed by atoms with E-state index in [4.69, 9.17) is 11.6 Å². The third kappa shape index (κ3) is 5.74. The van der Waals surface area contributed by atoms with Crippen LogP contribution in [0.25, 0.3) is 22.0 Å². The van der Waals surface area contributed by atoms with E-state index in [1.54, 1.807) is 0 Å². The molecular weight excluding hydrogens is 350 g/mol. The predicted molar refractivity (Wildman–Crippen MR) is 123 cm³/mol. The Morgan fingerprint density at radius 3 is 2.33 bits per heavy atom. The van der Waals surface area contributed by atoms with Gasteiger partial charge >= 0.3 is 0 Å². The van der Waals surface area contributed by atoms with Crippen LogP contribution in [0.4, 0.5) is 0 Å². The van der Waals surface area contributed by atoms with Crippen molar-refractivity contribution in [3.8, 4) is 0 Å². The Balaban J connectivity index is 0.000000596. The number of fused-ring (bicyclic) bond motifs is 1. The number of unbranched alkanes of at least 4 members (excludes halogenated alkanes) is 1. The van der Waals surface area contributed by atoms with Gasteiger partial charge in [-0.2, -0.15) is 0 Å². The maximum Gasteiger partial charge on any atom is 0.0343 e. The Labute approximate surface area is 169 Å². The van der Waals surface area contributed by atoms with Gasteiger partial charge in [-0.1, -0.05) is 76.1 Å². The maximum atomic E-state index is 6.10. The van der Waals surface area contributed by atoms with Gasteiger partial charge in [0.1, 0.15) is 0 Å². The van der Waals surface area contributed by atoms with Crippen molar-refractivity contribution in [2.45, 2.75) is 53.4 Å². The van der Waals surface area contributed by atoms with Gasteiger partial charge in [0, 0.05) is 29.3 Å². The zero-order chi connectivity index (χ0) is 19.8. The monoisotopic (exact) mass is 381 g/mol. The lowest BCUT2D eigenvalue weighted by Gasteiger charge is -2.14. The van der Waals surface area contributed by atoms with Gasteiger partial charge in [0.2, 0.25) is 0 Å². The molecule has 0 saturated heterocycles. The standard InChI is InChI=1S/C21H22ClN.C4H10/c1-4-9-23-15(3)21-13-19-11-17(18-7-8-20(22)12-18)6-5-16(19)10-14(21)2;1-3-4-2/h5-8,10-11,13,23H,3-4,9,12H2,1-2H3;3-4H2,1-2H3. The molecule has 0 fully saturated rings. The molecule has 144 valence electrons. The molecule has 0 bridgehead atoms. The van der Waals surface area contributed by atoms with E-state index in [9.17, 15) is 0 Å². The van der Waals surface area contributed by atoms with Crippen molar-refractivity contribution in [1.82, 2.24) is 5.32 Å². The van der Waals surface area contributed by atoms with Crippen LogP contribution in [0.3, 0.4) is 0 Å². The largest absolute Gasteiger partial charge is 0.385 e. The van der Waals surface area contributed by atoms with Gasteiger partial charge in [0.25, 0.3) is 0 Å². The summed E-state index contributed by atoms with van der Waals surface area (Å²) in [5.41, 5.74) is 5.97. The van der Waals surface area contributed by atoms with Crippen LogP contribution in [0.5, 0.6) is 0 Å². The van der Waals surface area contributed by atoms with E-state index in [1.165, 1.54) is 45.9 Å². The molecule has 27 heavy (non-hydrogen) atoms. The predicted octanol–water partition coefficient (Wildman–Crippen LogP) is 7.83. The summed E-state index contributed by atoms with van der Waals surface area (Å²) < 4.78 is 0. The van der Waals surface area contributed by atoms with E-state index in [0.29, 0.717) is 0 Å². The van der Waals surface area contributed by atoms with Crippen LogP contribution in [0.2, 0.25) is 0 Å². The van der Waals surface area contributed by atoms with Crippen molar-refractivity contribution in [3.63, 3.8) is 0 Å². The lowest BCUT2D eigenvalue weighted by Crippen LogP contribution is -2.12. The summed E-state index contributed by atoms with van der Waals surface area (Å²) in [5.74, 6) is 0. The molecule has 1 nitrogen and oxygen atoms in total. The second-order valence-corrected chi connectivity index (χ2v) is 7.60. The van der Waals surface area contributed by atoms with Crippen molar-refractivity contribution in [1.29, 1.82) is 0 Å². The average Bonchev–Trinajstić information content (AvgIpc) is 3.11. The van der Waals surface area contributed by atoms with Crippen molar-refractivity contribution >= 4 is 33.6 Å². The molecule has 2 heteroatoms. The molecule has 0 aromatic heterocycles.